The van der Waals surface area contributed by atoms with Gasteiger partial charge >= 0.3 is 5.97 Å². The smallest absolute Gasteiger partial charge is 0.303 e. The average Bonchev–Trinajstić information content (AvgIpc) is 2.29. The van der Waals surface area contributed by atoms with E-state index in [2.05, 4.69) is 0 Å². The highest BCUT2D eigenvalue weighted by Gasteiger charge is 2.17. The van der Waals surface area contributed by atoms with Crippen molar-refractivity contribution < 1.29 is 14.6 Å². The van der Waals surface area contributed by atoms with E-state index < -0.39 is 5.97 Å². The van der Waals surface area contributed by atoms with Crippen LogP contribution in [0.1, 0.15) is 28.7 Å². The highest BCUT2D eigenvalue weighted by atomic mass is 35.5. The van der Waals surface area contributed by atoms with E-state index in [0.29, 0.717) is 11.4 Å². The molecule has 0 amide bonds. The van der Waals surface area contributed by atoms with E-state index in [0.717, 1.165) is 28.0 Å². The standard InChI is InChI=1S/C13H17ClO3/c1-7-8(2)13(17-4)10(5-6-11(15)16)9(3)12(7)14/h5-6H2,1-4H3,(H,15,16). The van der Waals surface area contributed by atoms with Gasteiger partial charge in [0.05, 0.1) is 7.11 Å². The van der Waals surface area contributed by atoms with Crippen molar-refractivity contribution in [3.05, 3.63) is 27.3 Å². The maximum atomic E-state index is 10.6. The van der Waals surface area contributed by atoms with Crippen LogP contribution in [0.25, 0.3) is 0 Å². The summed E-state index contributed by atoms with van der Waals surface area (Å²) in [4.78, 5) is 10.6. The summed E-state index contributed by atoms with van der Waals surface area (Å²) in [5.74, 6) is -0.0635. The van der Waals surface area contributed by atoms with Crippen molar-refractivity contribution in [3.63, 3.8) is 0 Å². The summed E-state index contributed by atoms with van der Waals surface area (Å²) < 4.78 is 5.37. The van der Waals surface area contributed by atoms with Gasteiger partial charge in [-0.15, -0.1) is 0 Å². The first-order valence-corrected chi connectivity index (χ1v) is 5.81. The molecule has 1 aromatic carbocycles. The van der Waals surface area contributed by atoms with Crippen LogP contribution < -0.4 is 4.74 Å². The molecule has 0 saturated heterocycles. The molecule has 17 heavy (non-hydrogen) atoms. The Kier molecular flexibility index (Phi) is 4.40. The second kappa shape index (κ2) is 5.41. The van der Waals surface area contributed by atoms with Crippen LogP contribution in [-0.4, -0.2) is 18.2 Å². The summed E-state index contributed by atoms with van der Waals surface area (Å²) in [6.45, 7) is 5.77. The van der Waals surface area contributed by atoms with Crippen LogP contribution in [0, 0.1) is 20.8 Å². The minimum atomic E-state index is -0.819. The first-order valence-electron chi connectivity index (χ1n) is 5.44. The first kappa shape index (κ1) is 13.8. The molecule has 0 radical (unpaired) electrons. The molecule has 0 spiro atoms. The highest BCUT2D eigenvalue weighted by molar-refractivity contribution is 6.32. The third-order valence-electron chi connectivity index (χ3n) is 3.08. The van der Waals surface area contributed by atoms with Gasteiger partial charge < -0.3 is 9.84 Å². The lowest BCUT2D eigenvalue weighted by atomic mass is 9.95. The molecular weight excluding hydrogens is 240 g/mol. The molecule has 0 bridgehead atoms. The second-order valence-corrected chi connectivity index (χ2v) is 4.47. The van der Waals surface area contributed by atoms with Crippen LogP contribution in [-0.2, 0) is 11.2 Å². The monoisotopic (exact) mass is 256 g/mol. The zero-order chi connectivity index (χ0) is 13.2. The maximum Gasteiger partial charge on any atom is 0.303 e. The van der Waals surface area contributed by atoms with E-state index in [1.54, 1.807) is 7.11 Å². The lowest BCUT2D eigenvalue weighted by molar-refractivity contribution is -0.136. The molecule has 1 rings (SSSR count). The Morgan fingerprint density at radius 2 is 1.82 bits per heavy atom. The van der Waals surface area contributed by atoms with Gasteiger partial charge in [-0.05, 0) is 49.4 Å². The van der Waals surface area contributed by atoms with Crippen LogP contribution in [0.5, 0.6) is 5.75 Å². The number of carboxylic acid groups (broad SMARTS) is 1. The zero-order valence-corrected chi connectivity index (χ0v) is 11.3. The molecule has 4 heteroatoms. The van der Waals surface area contributed by atoms with E-state index in [9.17, 15) is 4.79 Å². The Balaban J connectivity index is 3.31. The van der Waals surface area contributed by atoms with Gasteiger partial charge in [0.15, 0.2) is 0 Å². The normalized spacial score (nSPS) is 10.4. The number of benzene rings is 1. The molecule has 0 fully saturated rings. The van der Waals surface area contributed by atoms with Crippen molar-refractivity contribution in [1.29, 1.82) is 0 Å². The van der Waals surface area contributed by atoms with E-state index in [-0.39, 0.29) is 6.42 Å². The SMILES string of the molecule is COc1c(C)c(C)c(Cl)c(C)c1CCC(=O)O. The van der Waals surface area contributed by atoms with Crippen LogP contribution in [0.2, 0.25) is 5.02 Å². The fourth-order valence-electron chi connectivity index (χ4n) is 1.95. The number of halogens is 1. The summed E-state index contributed by atoms with van der Waals surface area (Å²) in [7, 11) is 1.60. The van der Waals surface area contributed by atoms with Crippen molar-refractivity contribution in [1.82, 2.24) is 0 Å². The van der Waals surface area contributed by atoms with Crippen molar-refractivity contribution in [2.45, 2.75) is 33.6 Å². The minimum absolute atomic E-state index is 0.0794. The quantitative estimate of drug-likeness (QED) is 0.899. The third-order valence-corrected chi connectivity index (χ3v) is 3.65. The van der Waals surface area contributed by atoms with Gasteiger partial charge in [0.25, 0.3) is 0 Å². The Morgan fingerprint density at radius 3 is 2.29 bits per heavy atom. The van der Waals surface area contributed by atoms with Crippen LogP contribution in [0.4, 0.5) is 0 Å². The van der Waals surface area contributed by atoms with Crippen LogP contribution in [0.15, 0.2) is 0 Å². The number of hydrogen-bond acceptors (Lipinski definition) is 2. The molecule has 0 aliphatic carbocycles. The van der Waals surface area contributed by atoms with Crippen LogP contribution in [0.3, 0.4) is 0 Å². The molecule has 3 nitrogen and oxygen atoms in total. The summed E-state index contributed by atoms with van der Waals surface area (Å²) >= 11 is 6.23. The molecule has 0 heterocycles. The molecule has 94 valence electrons. The van der Waals surface area contributed by atoms with E-state index >= 15 is 0 Å². The maximum absolute atomic E-state index is 10.6. The summed E-state index contributed by atoms with van der Waals surface area (Å²) in [6, 6.07) is 0. The van der Waals surface area contributed by atoms with Crippen molar-refractivity contribution >= 4 is 17.6 Å². The zero-order valence-electron chi connectivity index (χ0n) is 10.6. The predicted molar refractivity (Wildman–Crippen MR) is 68.2 cm³/mol. The van der Waals surface area contributed by atoms with Gasteiger partial charge in [-0.25, -0.2) is 0 Å². The minimum Gasteiger partial charge on any atom is -0.496 e. The number of carbonyl (C=O) groups is 1. The molecule has 0 unspecified atom stereocenters. The summed E-state index contributed by atoms with van der Waals surface area (Å²) in [5, 5.41) is 9.45. The fourth-order valence-corrected chi connectivity index (χ4v) is 2.21. The Morgan fingerprint density at radius 1 is 1.24 bits per heavy atom. The van der Waals surface area contributed by atoms with Gasteiger partial charge in [-0.1, -0.05) is 11.6 Å². The lowest BCUT2D eigenvalue weighted by Gasteiger charge is -2.18. The first-order chi connectivity index (χ1) is 7.90. The molecule has 0 aliphatic rings. The van der Waals surface area contributed by atoms with Crippen LogP contribution >= 0.6 is 11.6 Å². The number of carboxylic acids is 1. The largest absolute Gasteiger partial charge is 0.496 e. The molecule has 0 atom stereocenters. The van der Waals surface area contributed by atoms with Crippen molar-refractivity contribution in [2.75, 3.05) is 7.11 Å². The van der Waals surface area contributed by atoms with E-state index in [1.807, 2.05) is 20.8 Å². The number of ether oxygens (including phenoxy) is 1. The van der Waals surface area contributed by atoms with Crippen molar-refractivity contribution in [3.8, 4) is 5.75 Å². The topological polar surface area (TPSA) is 46.5 Å². The second-order valence-electron chi connectivity index (χ2n) is 4.09. The van der Waals surface area contributed by atoms with E-state index in [4.69, 9.17) is 21.4 Å². The number of rotatable bonds is 4. The molecular formula is C13H17ClO3. The van der Waals surface area contributed by atoms with Gasteiger partial charge in [-0.2, -0.15) is 0 Å². The number of hydrogen-bond donors (Lipinski definition) is 1. The number of aliphatic carboxylic acids is 1. The number of methoxy groups -OCH3 is 1. The Labute approximate surface area is 106 Å². The molecule has 0 aromatic heterocycles. The predicted octanol–water partition coefficient (Wildman–Crippen LogP) is 3.29. The molecule has 1 N–H and O–H groups in total. The summed E-state index contributed by atoms with van der Waals surface area (Å²) in [5.41, 5.74) is 3.76. The molecule has 1 aromatic rings. The Bertz CT molecular complexity index is 453. The average molecular weight is 257 g/mol. The van der Waals surface area contributed by atoms with Crippen molar-refractivity contribution in [2.24, 2.45) is 0 Å². The lowest BCUT2D eigenvalue weighted by Crippen LogP contribution is -2.05. The van der Waals surface area contributed by atoms with E-state index in [1.165, 1.54) is 0 Å². The van der Waals surface area contributed by atoms with Gasteiger partial charge in [0.2, 0.25) is 0 Å². The van der Waals surface area contributed by atoms with Gasteiger partial charge in [0.1, 0.15) is 5.75 Å². The fraction of sp³-hybridized carbons (Fsp3) is 0.462. The third kappa shape index (κ3) is 2.72. The summed E-state index contributed by atoms with van der Waals surface area (Å²) in [6.07, 6.45) is 0.515. The molecule has 0 saturated carbocycles. The van der Waals surface area contributed by atoms with Gasteiger partial charge in [0, 0.05) is 11.4 Å². The van der Waals surface area contributed by atoms with Gasteiger partial charge in [-0.3, -0.25) is 4.79 Å². The molecule has 0 aliphatic heterocycles. The Hall–Kier alpha value is -1.22. The highest BCUT2D eigenvalue weighted by Crippen LogP contribution is 2.36.